The molecule has 0 amide bonds. The van der Waals surface area contributed by atoms with E-state index in [4.69, 9.17) is 15.2 Å². The maximum absolute atomic E-state index is 13.8. The molecule has 0 aliphatic rings. The molecule has 19 heteroatoms. The lowest BCUT2D eigenvalue weighted by Crippen LogP contribution is -2.29. The topological polar surface area (TPSA) is 142 Å². The Labute approximate surface area is 416 Å². The van der Waals surface area contributed by atoms with Gasteiger partial charge in [0.15, 0.2) is 0 Å². The summed E-state index contributed by atoms with van der Waals surface area (Å²) < 4.78 is 58.1. The normalized spacial score (nSPS) is 9.68. The van der Waals surface area contributed by atoms with Crippen LogP contribution in [0.1, 0.15) is 44.5 Å². The van der Waals surface area contributed by atoms with Crippen molar-refractivity contribution in [2.45, 2.75) is 47.6 Å². The van der Waals surface area contributed by atoms with Crippen molar-refractivity contribution in [1.82, 2.24) is 29.5 Å². The smallest absolute Gasteiger partial charge is 0.488 e. The molecule has 0 fully saturated rings. The van der Waals surface area contributed by atoms with Crippen molar-refractivity contribution in [1.29, 1.82) is 0 Å². The number of hydrogen-bond acceptors (Lipinski definition) is 8. The zero-order valence-electron chi connectivity index (χ0n) is 33.1. The molecule has 0 saturated heterocycles. The van der Waals surface area contributed by atoms with E-state index in [9.17, 15) is 22.7 Å². The molecule has 0 radical (unpaired) electrons. The van der Waals surface area contributed by atoms with E-state index >= 15 is 0 Å². The van der Waals surface area contributed by atoms with Gasteiger partial charge >= 0.3 is 7.12 Å². The summed E-state index contributed by atoms with van der Waals surface area (Å²) in [5.41, 5.74) is 4.66. The molecular weight excluding hydrogens is 1120 g/mol. The van der Waals surface area contributed by atoms with Gasteiger partial charge in [0.25, 0.3) is 0 Å². The van der Waals surface area contributed by atoms with Crippen LogP contribution in [0.4, 0.5) is 17.6 Å². The average molecular weight is 1170 g/mol. The Morgan fingerprint density at radius 1 is 0.515 bits per heavy atom. The third-order valence-corrected chi connectivity index (χ3v) is 10.4. The molecule has 8 aromatic rings. The van der Waals surface area contributed by atoms with Crippen LogP contribution in [0.5, 0.6) is 11.5 Å². The number of aromatic hydroxyl groups is 2. The molecule has 2 aromatic heterocycles. The molecule has 4 N–H and O–H groups in total. The number of rotatable bonds is 7. The molecule has 10 nitrogen and oxygen atoms in total. The van der Waals surface area contributed by atoms with Gasteiger partial charge in [-0.1, -0.05) is 116 Å². The van der Waals surface area contributed by atoms with E-state index in [1.807, 2.05) is 0 Å². The summed E-state index contributed by atoms with van der Waals surface area (Å²) in [5, 5.41) is 43.7. The summed E-state index contributed by atoms with van der Waals surface area (Å²) in [5.74, 6) is -0.506. The third kappa shape index (κ3) is 20.1. The minimum Gasteiger partial charge on any atom is -0.508 e. The lowest BCUT2D eigenvalue weighted by atomic mass is 9.80. The number of hydrogen-bond donors (Lipinski definition) is 4. The van der Waals surface area contributed by atoms with Gasteiger partial charge in [-0.3, -0.25) is 0 Å². The fourth-order valence-electron chi connectivity index (χ4n) is 5.07. The summed E-state index contributed by atoms with van der Waals surface area (Å²) >= 11 is 12.9. The number of benzene rings is 6. The van der Waals surface area contributed by atoms with Crippen LogP contribution in [0.3, 0.4) is 0 Å². The summed E-state index contributed by atoms with van der Waals surface area (Å²) in [6, 6.07) is 32.0. The van der Waals surface area contributed by atoms with Crippen LogP contribution in [-0.4, -0.2) is 56.9 Å². The Hall–Kier alpha value is -5.18. The van der Waals surface area contributed by atoms with Gasteiger partial charge < -0.3 is 20.3 Å². The number of aryl methyl sites for hydroxylation is 1. The molecule has 0 aliphatic heterocycles. The third-order valence-electron chi connectivity index (χ3n) is 8.31. The van der Waals surface area contributed by atoms with Gasteiger partial charge in [-0.25, -0.2) is 36.9 Å². The number of aromatic nitrogens is 6. The van der Waals surface area contributed by atoms with Gasteiger partial charge in [0.2, 0.25) is 0 Å². The second-order valence-electron chi connectivity index (χ2n) is 13.0. The molecule has 2 heterocycles. The van der Waals surface area contributed by atoms with Crippen LogP contribution < -0.4 is 5.46 Å². The lowest BCUT2D eigenvalue weighted by Gasteiger charge is -2.07. The van der Waals surface area contributed by atoms with Crippen molar-refractivity contribution in [3.05, 3.63) is 206 Å². The van der Waals surface area contributed by atoms with Crippen LogP contribution in [-0.2, 0) is 18.4 Å². The molecule has 0 saturated carbocycles. The summed E-state index contributed by atoms with van der Waals surface area (Å²) in [6.07, 6.45) is 5.95. The number of phenolic OH excluding ortho intramolecular Hbond substituents is 2. The predicted octanol–water partition coefficient (Wildman–Crippen LogP) is 12.4. The van der Waals surface area contributed by atoms with Crippen molar-refractivity contribution >= 4 is 76.3 Å². The highest BCUT2D eigenvalue weighted by Crippen LogP contribution is 2.25. The highest BCUT2D eigenvalue weighted by Gasteiger charge is 2.09. The molecule has 350 valence electrons. The second kappa shape index (κ2) is 30.2. The Morgan fingerprint density at radius 3 is 1.32 bits per heavy atom. The minimum absolute atomic E-state index is 0. The average Bonchev–Trinajstić information content (AvgIpc) is 3.99. The summed E-state index contributed by atoms with van der Waals surface area (Å²) in [7, 11) is -1.46. The van der Waals surface area contributed by atoms with E-state index in [-0.39, 0.29) is 57.0 Å². The second-order valence-corrected chi connectivity index (χ2v) is 16.3. The van der Waals surface area contributed by atoms with Crippen LogP contribution in [0.15, 0.2) is 160 Å². The first kappa shape index (κ1) is 58.8. The molecule has 0 atom stereocenters. The number of halogens is 8. The number of alkyl halides is 1. The highest BCUT2D eigenvalue weighted by atomic mass is 79.9. The largest absolute Gasteiger partial charge is 0.508 e. The Balaban J connectivity index is 0.000000423. The van der Waals surface area contributed by atoms with Gasteiger partial charge in [-0.2, -0.15) is 10.2 Å². The monoisotopic (exact) mass is 1160 g/mol. The first-order chi connectivity index (χ1) is 30.1. The van der Waals surface area contributed by atoms with E-state index in [1.54, 1.807) is 102 Å². The Kier molecular flexibility index (Phi) is 26.9. The molecule has 8 rings (SSSR count). The molecule has 0 unspecified atom stereocenters. The van der Waals surface area contributed by atoms with Gasteiger partial charge in [0, 0.05) is 29.9 Å². The Morgan fingerprint density at radius 2 is 0.909 bits per heavy atom. The fraction of sp³-hybridized carbons (Fsp3) is 0.149. The van der Waals surface area contributed by atoms with Crippen LogP contribution in [0, 0.1) is 30.2 Å². The van der Waals surface area contributed by atoms with Crippen molar-refractivity contribution in [3.63, 3.8) is 0 Å². The van der Waals surface area contributed by atoms with Crippen molar-refractivity contribution < 1.29 is 37.8 Å². The van der Waals surface area contributed by atoms with Gasteiger partial charge in [-0.05, 0) is 126 Å². The van der Waals surface area contributed by atoms with Crippen molar-refractivity contribution in [2.24, 2.45) is 0 Å². The Bertz CT molecular complexity index is 2620. The number of phenols is 2. The number of nitrogens with zero attached hydrogens (tertiary/aromatic N) is 6. The summed E-state index contributed by atoms with van der Waals surface area (Å²) in [4.78, 5) is 7.63. The molecular formula is C47H49BBr4F4N6O4. The first-order valence-electron chi connectivity index (χ1n) is 18.3. The lowest BCUT2D eigenvalue weighted by molar-refractivity contribution is 0.425. The molecule has 0 spiro atoms. The van der Waals surface area contributed by atoms with Crippen molar-refractivity contribution in [3.8, 4) is 22.6 Å². The maximum atomic E-state index is 13.8. The van der Waals surface area contributed by atoms with Crippen LogP contribution >= 0.6 is 63.7 Å². The van der Waals surface area contributed by atoms with E-state index in [0.717, 1.165) is 24.5 Å². The van der Waals surface area contributed by atoms with E-state index in [2.05, 4.69) is 83.9 Å². The molecule has 66 heavy (non-hydrogen) atoms. The predicted molar refractivity (Wildman–Crippen MR) is 270 cm³/mol. The zero-order chi connectivity index (χ0) is 45.9. The summed E-state index contributed by atoms with van der Waals surface area (Å²) in [6.45, 7) is 2.46. The minimum atomic E-state index is -1.46. The first-order valence-corrected chi connectivity index (χ1v) is 21.8. The SMILES string of the molecule is C.C.C.Cc1cc(Br)ccc1F.Fc1ccc(Br)cc1CBr.Fc1ccc(Br)cc1Cn1cncn1.OB(O)c1ccc(O)cc1.Oc1ccc(-c2ccc(F)c(Cn3cncn3)c2)cc1. The van der Waals surface area contributed by atoms with Crippen LogP contribution in [0.25, 0.3) is 11.1 Å². The maximum Gasteiger partial charge on any atom is 0.488 e. The zero-order valence-corrected chi connectivity index (χ0v) is 39.4. The quantitative estimate of drug-likeness (QED) is 0.0702. The molecule has 0 aliphatic carbocycles. The van der Waals surface area contributed by atoms with Gasteiger partial charge in [0.05, 0.1) is 13.1 Å². The standard InChI is InChI=1S/C15H12FN3O.C9H7BrFN3.C7H5Br2F.C7H6BrF.C6H7BO3.3CH4/c16-15-6-3-12(11-1-4-14(20)5-2-11)7-13(15)8-19-10-17-9-18-19;10-8-1-2-9(11)7(3-8)4-14-6-12-5-13-14;8-4-5-3-6(9)1-2-7(5)10;1-5-4-6(8)2-3-7(5)9;8-6-3-1-5(2-4-6)7(9)10;;;/h1-7,9-10,20H,8H2;1-3,5-6H,4H2;1-3H,4H2;2-4H,1H3;1-4,8-10H;3*1H4. The van der Waals surface area contributed by atoms with E-state index in [1.165, 1.54) is 61.2 Å². The van der Waals surface area contributed by atoms with E-state index in [0.29, 0.717) is 46.1 Å². The fourth-order valence-corrected chi connectivity index (χ4v) is 6.79. The molecule has 6 aromatic carbocycles. The molecule has 0 bridgehead atoms. The van der Waals surface area contributed by atoms with Crippen molar-refractivity contribution in [2.75, 3.05) is 0 Å². The highest BCUT2D eigenvalue weighted by molar-refractivity contribution is 9.11. The van der Waals surface area contributed by atoms with Gasteiger partial charge in [0.1, 0.15) is 60.1 Å². The van der Waals surface area contributed by atoms with E-state index < -0.39 is 7.12 Å². The van der Waals surface area contributed by atoms with Crippen LogP contribution in [0.2, 0.25) is 0 Å². The van der Waals surface area contributed by atoms with Gasteiger partial charge in [-0.15, -0.1) is 0 Å².